The fourth-order valence-corrected chi connectivity index (χ4v) is 3.42. The first-order valence-electron chi connectivity index (χ1n) is 8.82. The van der Waals surface area contributed by atoms with E-state index in [-0.39, 0.29) is 11.5 Å². The van der Waals surface area contributed by atoms with Crippen LogP contribution in [0.5, 0.6) is 5.75 Å². The van der Waals surface area contributed by atoms with Crippen molar-refractivity contribution in [2.45, 2.75) is 38.1 Å². The van der Waals surface area contributed by atoms with Crippen molar-refractivity contribution in [1.82, 2.24) is 15.1 Å². The highest BCUT2D eigenvalue weighted by molar-refractivity contribution is 5.92. The second-order valence-corrected chi connectivity index (χ2v) is 6.44. The summed E-state index contributed by atoms with van der Waals surface area (Å²) in [6.07, 6.45) is 6.70. The maximum Gasteiger partial charge on any atom is 0.335 e. The lowest BCUT2D eigenvalue weighted by molar-refractivity contribution is 0.0696. The van der Waals surface area contributed by atoms with Crippen LogP contribution in [-0.4, -0.2) is 40.4 Å². The molecule has 1 heterocycles. The van der Waals surface area contributed by atoms with Gasteiger partial charge in [0.1, 0.15) is 11.4 Å². The molecular formula is C19H23N3O4. The topological polar surface area (TPSA) is 93.4 Å². The van der Waals surface area contributed by atoms with E-state index in [1.54, 1.807) is 18.3 Å². The van der Waals surface area contributed by atoms with Crippen LogP contribution in [0.1, 0.15) is 58.1 Å². The zero-order valence-corrected chi connectivity index (χ0v) is 14.8. The molecule has 2 N–H and O–H groups in total. The highest BCUT2D eigenvalue weighted by Gasteiger charge is 2.22. The number of aromatic nitrogens is 2. The van der Waals surface area contributed by atoms with Crippen LogP contribution in [-0.2, 0) is 6.42 Å². The number of nitrogens with zero attached hydrogens (tertiary/aromatic N) is 2. The molecule has 0 spiro atoms. The summed E-state index contributed by atoms with van der Waals surface area (Å²) < 4.78 is 7.10. The van der Waals surface area contributed by atoms with Crippen molar-refractivity contribution in [3.63, 3.8) is 0 Å². The van der Waals surface area contributed by atoms with Crippen molar-refractivity contribution in [2.75, 3.05) is 13.7 Å². The molecule has 7 heteroatoms. The Hall–Kier alpha value is -2.83. The zero-order valence-electron chi connectivity index (χ0n) is 14.8. The molecule has 0 bridgehead atoms. The van der Waals surface area contributed by atoms with Crippen LogP contribution < -0.4 is 10.1 Å². The van der Waals surface area contributed by atoms with Crippen molar-refractivity contribution in [2.24, 2.45) is 0 Å². The molecule has 0 aliphatic heterocycles. The zero-order chi connectivity index (χ0) is 18.5. The number of amides is 1. The summed E-state index contributed by atoms with van der Waals surface area (Å²) in [7, 11) is 1.50. The lowest BCUT2D eigenvalue weighted by atomic mass is 10.1. The largest absolute Gasteiger partial charge is 0.496 e. The molecule has 0 radical (unpaired) electrons. The molecular weight excluding hydrogens is 334 g/mol. The van der Waals surface area contributed by atoms with E-state index in [1.165, 1.54) is 32.1 Å². The normalized spacial score (nSPS) is 14.3. The van der Waals surface area contributed by atoms with E-state index < -0.39 is 5.97 Å². The summed E-state index contributed by atoms with van der Waals surface area (Å²) in [6.45, 7) is 0.428. The SMILES string of the molecule is COc1cc(C(=O)O)ccc1CCNC(=O)c1ccnn1C1CCCC1. The Labute approximate surface area is 152 Å². The number of carbonyl (C=O) groups excluding carboxylic acids is 1. The van der Waals surface area contributed by atoms with E-state index in [0.29, 0.717) is 30.5 Å². The van der Waals surface area contributed by atoms with Crippen LogP contribution in [0.4, 0.5) is 0 Å². The molecule has 2 aromatic rings. The molecule has 7 nitrogen and oxygen atoms in total. The van der Waals surface area contributed by atoms with Gasteiger partial charge < -0.3 is 15.2 Å². The van der Waals surface area contributed by atoms with Crippen molar-refractivity contribution in [1.29, 1.82) is 0 Å². The Kier molecular flexibility index (Phi) is 5.55. The molecule has 0 unspecified atom stereocenters. The van der Waals surface area contributed by atoms with E-state index >= 15 is 0 Å². The number of nitrogens with one attached hydrogen (secondary N) is 1. The Morgan fingerprint density at radius 1 is 1.31 bits per heavy atom. The number of hydrogen-bond donors (Lipinski definition) is 2. The average Bonchev–Trinajstić information content (AvgIpc) is 3.32. The monoisotopic (exact) mass is 357 g/mol. The Bertz CT molecular complexity index is 794. The van der Waals surface area contributed by atoms with Crippen LogP contribution >= 0.6 is 0 Å². The number of methoxy groups -OCH3 is 1. The minimum absolute atomic E-state index is 0.143. The van der Waals surface area contributed by atoms with Crippen molar-refractivity contribution >= 4 is 11.9 Å². The number of carbonyl (C=O) groups is 2. The number of carboxylic acid groups (broad SMARTS) is 1. The van der Waals surface area contributed by atoms with E-state index in [0.717, 1.165) is 18.4 Å². The number of rotatable bonds is 7. The Morgan fingerprint density at radius 3 is 2.77 bits per heavy atom. The lowest BCUT2D eigenvalue weighted by Crippen LogP contribution is -2.29. The fourth-order valence-electron chi connectivity index (χ4n) is 3.42. The van der Waals surface area contributed by atoms with Crippen LogP contribution in [0.3, 0.4) is 0 Å². The molecule has 3 rings (SSSR count). The highest BCUT2D eigenvalue weighted by Crippen LogP contribution is 2.29. The smallest absolute Gasteiger partial charge is 0.335 e. The summed E-state index contributed by atoms with van der Waals surface area (Å²) in [4.78, 5) is 23.5. The predicted molar refractivity (Wildman–Crippen MR) is 95.7 cm³/mol. The van der Waals surface area contributed by atoms with Gasteiger partial charge in [0.05, 0.1) is 18.7 Å². The van der Waals surface area contributed by atoms with Gasteiger partial charge in [-0.2, -0.15) is 5.10 Å². The van der Waals surface area contributed by atoms with E-state index in [9.17, 15) is 9.59 Å². The van der Waals surface area contributed by atoms with Crippen LogP contribution in [0, 0.1) is 0 Å². The number of aromatic carboxylic acids is 1. The van der Waals surface area contributed by atoms with Gasteiger partial charge in [-0.25, -0.2) is 4.79 Å². The van der Waals surface area contributed by atoms with Gasteiger partial charge in [0.15, 0.2) is 0 Å². The molecule has 0 saturated heterocycles. The van der Waals surface area contributed by atoms with Gasteiger partial charge in [-0.05, 0) is 43.0 Å². The van der Waals surface area contributed by atoms with Crippen LogP contribution in [0.2, 0.25) is 0 Å². The fraction of sp³-hybridized carbons (Fsp3) is 0.421. The van der Waals surface area contributed by atoms with Gasteiger partial charge >= 0.3 is 5.97 Å². The van der Waals surface area contributed by atoms with Crippen molar-refractivity contribution in [3.05, 3.63) is 47.3 Å². The Balaban J connectivity index is 1.61. The molecule has 1 saturated carbocycles. The average molecular weight is 357 g/mol. The minimum Gasteiger partial charge on any atom is -0.496 e. The van der Waals surface area contributed by atoms with Gasteiger partial charge in [-0.3, -0.25) is 9.48 Å². The maximum atomic E-state index is 12.5. The van der Waals surface area contributed by atoms with Crippen LogP contribution in [0.15, 0.2) is 30.5 Å². The van der Waals surface area contributed by atoms with Crippen LogP contribution in [0.25, 0.3) is 0 Å². The van der Waals surface area contributed by atoms with Gasteiger partial charge in [0.2, 0.25) is 0 Å². The van der Waals surface area contributed by atoms with E-state index in [1.807, 2.05) is 4.68 Å². The molecule has 138 valence electrons. The minimum atomic E-state index is -0.997. The third-order valence-corrected chi connectivity index (χ3v) is 4.79. The van der Waals surface area contributed by atoms with Gasteiger partial charge in [0.25, 0.3) is 5.91 Å². The van der Waals surface area contributed by atoms with Crippen molar-refractivity contribution in [3.8, 4) is 5.75 Å². The maximum absolute atomic E-state index is 12.5. The molecule has 1 fully saturated rings. The summed E-state index contributed by atoms with van der Waals surface area (Å²) in [5.74, 6) is -0.631. The Morgan fingerprint density at radius 2 is 2.08 bits per heavy atom. The molecule has 0 atom stereocenters. The van der Waals surface area contributed by atoms with E-state index in [4.69, 9.17) is 9.84 Å². The first kappa shape index (κ1) is 18.0. The number of carboxylic acids is 1. The third-order valence-electron chi connectivity index (χ3n) is 4.79. The molecule has 26 heavy (non-hydrogen) atoms. The highest BCUT2D eigenvalue weighted by atomic mass is 16.5. The van der Waals surface area contributed by atoms with Crippen molar-refractivity contribution < 1.29 is 19.4 Å². The first-order valence-corrected chi connectivity index (χ1v) is 8.82. The molecule has 1 aliphatic carbocycles. The molecule has 1 aromatic heterocycles. The van der Waals surface area contributed by atoms with Gasteiger partial charge in [0, 0.05) is 12.7 Å². The second-order valence-electron chi connectivity index (χ2n) is 6.44. The summed E-state index contributed by atoms with van der Waals surface area (Å²) >= 11 is 0. The summed E-state index contributed by atoms with van der Waals surface area (Å²) in [5.41, 5.74) is 1.61. The number of benzene rings is 1. The number of hydrogen-bond acceptors (Lipinski definition) is 4. The molecule has 1 amide bonds. The third kappa shape index (κ3) is 3.87. The first-order chi connectivity index (χ1) is 12.6. The quantitative estimate of drug-likeness (QED) is 0.795. The summed E-state index contributed by atoms with van der Waals surface area (Å²) in [6, 6.07) is 6.81. The predicted octanol–water partition coefficient (Wildman–Crippen LogP) is 2.68. The molecule has 1 aliphatic rings. The van der Waals surface area contributed by atoms with E-state index in [2.05, 4.69) is 10.4 Å². The summed E-state index contributed by atoms with van der Waals surface area (Å²) in [5, 5.41) is 16.3. The van der Waals surface area contributed by atoms with Gasteiger partial charge in [-0.1, -0.05) is 18.9 Å². The lowest BCUT2D eigenvalue weighted by Gasteiger charge is -2.14. The van der Waals surface area contributed by atoms with Gasteiger partial charge in [-0.15, -0.1) is 0 Å². The molecule has 1 aromatic carbocycles. The number of ether oxygens (including phenoxy) is 1. The standard InChI is InChI=1S/C19H23N3O4/c1-26-17-12-14(19(24)25)7-6-13(17)8-10-20-18(23)16-9-11-21-22(16)15-4-2-3-5-15/h6-7,9,11-12,15H,2-5,8,10H2,1H3,(H,20,23)(H,24,25). The second kappa shape index (κ2) is 8.03.